The largest absolute Gasteiger partial charge is 0.488 e. The Morgan fingerprint density at radius 3 is 1.40 bits per heavy atom. The third kappa shape index (κ3) is 2.78. The van der Waals surface area contributed by atoms with Crippen LogP contribution in [0, 0.1) is 0 Å². The van der Waals surface area contributed by atoms with E-state index in [2.05, 4.69) is 0 Å². The molecule has 0 amide bonds. The first-order valence-corrected chi connectivity index (χ1v) is 5.93. The van der Waals surface area contributed by atoms with E-state index >= 15 is 0 Å². The van der Waals surface area contributed by atoms with Crippen LogP contribution in [-0.2, 0) is 0 Å². The molecule has 1 aromatic carbocycles. The van der Waals surface area contributed by atoms with Crippen molar-refractivity contribution in [1.82, 2.24) is 0 Å². The molecule has 1 rings (SSSR count). The van der Waals surface area contributed by atoms with E-state index in [9.17, 15) is 0 Å². The van der Waals surface area contributed by atoms with Crippen molar-refractivity contribution < 1.29 is 4.74 Å². The van der Waals surface area contributed by atoms with Gasteiger partial charge in [0, 0.05) is 0 Å². The standard InChI is InChI=1S/C9H7Cl5O/c1-3(2)15-9-7(13)5(11)4(10)6(12)8(9)14/h3H,1-2H3. The van der Waals surface area contributed by atoms with Crippen molar-refractivity contribution in [3.05, 3.63) is 25.1 Å². The van der Waals surface area contributed by atoms with Crippen molar-refractivity contribution in [2.45, 2.75) is 20.0 Å². The Balaban J connectivity index is 3.39. The molecule has 84 valence electrons. The maximum atomic E-state index is 5.94. The van der Waals surface area contributed by atoms with Gasteiger partial charge in [-0.2, -0.15) is 0 Å². The Bertz CT molecular complexity index is 360. The minimum atomic E-state index is -0.0895. The SMILES string of the molecule is CC(C)Oc1c(Cl)c(Cl)c(Cl)c(Cl)c1Cl. The van der Waals surface area contributed by atoms with Crippen LogP contribution in [-0.4, -0.2) is 6.10 Å². The minimum absolute atomic E-state index is 0.0895. The first kappa shape index (κ1) is 13.5. The monoisotopic (exact) mass is 306 g/mol. The van der Waals surface area contributed by atoms with Crippen LogP contribution < -0.4 is 4.74 Å². The van der Waals surface area contributed by atoms with E-state index in [1.54, 1.807) is 0 Å². The maximum Gasteiger partial charge on any atom is 0.160 e. The van der Waals surface area contributed by atoms with Crippen molar-refractivity contribution in [3.63, 3.8) is 0 Å². The molecule has 0 atom stereocenters. The second-order valence-corrected chi connectivity index (χ2v) is 4.96. The summed E-state index contributed by atoms with van der Waals surface area (Å²) >= 11 is 29.4. The molecule has 0 N–H and O–H groups in total. The number of benzene rings is 1. The quantitative estimate of drug-likeness (QED) is 0.500. The van der Waals surface area contributed by atoms with Gasteiger partial charge in [0.2, 0.25) is 0 Å². The normalized spacial score (nSPS) is 10.9. The molecule has 6 heteroatoms. The molecule has 0 aliphatic rings. The lowest BCUT2D eigenvalue weighted by Gasteiger charge is -2.15. The fourth-order valence-corrected chi connectivity index (χ4v) is 2.13. The third-order valence-corrected chi connectivity index (χ3v) is 3.77. The van der Waals surface area contributed by atoms with Crippen LogP contribution in [0.2, 0.25) is 25.1 Å². The van der Waals surface area contributed by atoms with Gasteiger partial charge in [-0.05, 0) is 13.8 Å². The Kier molecular flexibility index (Phi) is 4.69. The molecule has 0 fully saturated rings. The summed E-state index contributed by atoms with van der Waals surface area (Å²) in [5, 5.41) is 0.755. The molecule has 0 aliphatic heterocycles. The highest BCUT2D eigenvalue weighted by Gasteiger charge is 2.20. The summed E-state index contributed by atoms with van der Waals surface area (Å²) in [5.41, 5.74) is 0. The van der Waals surface area contributed by atoms with Gasteiger partial charge >= 0.3 is 0 Å². The van der Waals surface area contributed by atoms with Crippen LogP contribution in [0.4, 0.5) is 0 Å². The summed E-state index contributed by atoms with van der Waals surface area (Å²) in [6, 6.07) is 0. The van der Waals surface area contributed by atoms with E-state index in [1.807, 2.05) is 13.8 Å². The average molecular weight is 308 g/mol. The van der Waals surface area contributed by atoms with Crippen molar-refractivity contribution in [2.75, 3.05) is 0 Å². The molecule has 0 radical (unpaired) electrons. The predicted molar refractivity (Wildman–Crippen MR) is 67.3 cm³/mol. The lowest BCUT2D eigenvalue weighted by Crippen LogP contribution is -2.06. The Labute approximate surface area is 113 Å². The molecule has 1 aromatic rings. The molecule has 1 nitrogen and oxygen atoms in total. The third-order valence-electron chi connectivity index (χ3n) is 1.52. The molecule has 0 saturated carbocycles. The molecule has 0 unspecified atom stereocenters. The predicted octanol–water partition coefficient (Wildman–Crippen LogP) is 5.74. The van der Waals surface area contributed by atoms with Crippen LogP contribution >= 0.6 is 58.0 Å². The van der Waals surface area contributed by atoms with E-state index in [4.69, 9.17) is 62.7 Å². The van der Waals surface area contributed by atoms with Crippen LogP contribution in [0.25, 0.3) is 0 Å². The van der Waals surface area contributed by atoms with E-state index in [0.717, 1.165) is 0 Å². The van der Waals surface area contributed by atoms with Gasteiger partial charge in [0.25, 0.3) is 0 Å². The lowest BCUT2D eigenvalue weighted by molar-refractivity contribution is 0.243. The zero-order valence-electron chi connectivity index (χ0n) is 7.88. The van der Waals surface area contributed by atoms with Crippen molar-refractivity contribution >= 4 is 58.0 Å². The van der Waals surface area contributed by atoms with Gasteiger partial charge < -0.3 is 4.74 Å². The highest BCUT2D eigenvalue weighted by Crippen LogP contribution is 2.48. The van der Waals surface area contributed by atoms with Crippen LogP contribution in [0.1, 0.15) is 13.8 Å². The summed E-state index contributed by atoms with van der Waals surface area (Å²) in [6.07, 6.45) is -0.0895. The second-order valence-electron chi connectivity index (χ2n) is 3.07. The summed E-state index contributed by atoms with van der Waals surface area (Å²) in [5.74, 6) is 0.257. The van der Waals surface area contributed by atoms with Gasteiger partial charge in [-0.25, -0.2) is 0 Å². The molecular weight excluding hydrogens is 301 g/mol. The number of halogens is 5. The average Bonchev–Trinajstić information content (AvgIpc) is 2.18. The van der Waals surface area contributed by atoms with Crippen LogP contribution in [0.3, 0.4) is 0 Å². The minimum Gasteiger partial charge on any atom is -0.488 e. The maximum absolute atomic E-state index is 5.94. The molecule has 0 aromatic heterocycles. The van der Waals surface area contributed by atoms with Crippen molar-refractivity contribution in [2.24, 2.45) is 0 Å². The second kappa shape index (κ2) is 5.20. The molecule has 15 heavy (non-hydrogen) atoms. The first-order valence-electron chi connectivity index (χ1n) is 4.04. The molecule has 0 spiro atoms. The van der Waals surface area contributed by atoms with Gasteiger partial charge in [0.05, 0.1) is 21.2 Å². The Hall–Kier alpha value is 0.470. The summed E-state index contributed by atoms with van der Waals surface area (Å²) < 4.78 is 5.40. The van der Waals surface area contributed by atoms with Crippen molar-refractivity contribution in [1.29, 1.82) is 0 Å². The molecule has 0 heterocycles. The van der Waals surface area contributed by atoms with Gasteiger partial charge in [0.15, 0.2) is 5.75 Å². The zero-order chi connectivity index (χ0) is 11.7. The van der Waals surface area contributed by atoms with Crippen LogP contribution in [0.5, 0.6) is 5.75 Å². The molecule has 0 aliphatic carbocycles. The Morgan fingerprint density at radius 1 is 0.733 bits per heavy atom. The molecule has 0 bridgehead atoms. The fourth-order valence-electron chi connectivity index (χ4n) is 0.924. The van der Waals surface area contributed by atoms with E-state index in [-0.39, 0.29) is 37.0 Å². The topological polar surface area (TPSA) is 9.23 Å². The van der Waals surface area contributed by atoms with Crippen LogP contribution in [0.15, 0.2) is 0 Å². The highest BCUT2D eigenvalue weighted by atomic mass is 35.5. The summed E-state index contributed by atoms with van der Waals surface area (Å²) in [7, 11) is 0. The highest BCUT2D eigenvalue weighted by molar-refractivity contribution is 6.55. The number of rotatable bonds is 2. The fraction of sp³-hybridized carbons (Fsp3) is 0.333. The number of hydrogen-bond donors (Lipinski definition) is 0. The lowest BCUT2D eigenvalue weighted by atomic mass is 10.3. The van der Waals surface area contributed by atoms with Gasteiger partial charge in [0.1, 0.15) is 10.0 Å². The molecular formula is C9H7Cl5O. The first-order chi connectivity index (χ1) is 6.86. The summed E-state index contributed by atoms with van der Waals surface area (Å²) in [6.45, 7) is 3.67. The van der Waals surface area contributed by atoms with Gasteiger partial charge in [-0.3, -0.25) is 0 Å². The van der Waals surface area contributed by atoms with Crippen molar-refractivity contribution in [3.8, 4) is 5.75 Å². The van der Waals surface area contributed by atoms with Gasteiger partial charge in [-0.1, -0.05) is 58.0 Å². The number of hydrogen-bond acceptors (Lipinski definition) is 1. The zero-order valence-corrected chi connectivity index (χ0v) is 11.7. The van der Waals surface area contributed by atoms with E-state index in [0.29, 0.717) is 0 Å². The van der Waals surface area contributed by atoms with Gasteiger partial charge in [-0.15, -0.1) is 0 Å². The molecule has 0 saturated heterocycles. The van der Waals surface area contributed by atoms with E-state index in [1.165, 1.54) is 0 Å². The smallest absolute Gasteiger partial charge is 0.160 e. The van der Waals surface area contributed by atoms with E-state index < -0.39 is 0 Å². The summed E-state index contributed by atoms with van der Waals surface area (Å²) in [4.78, 5) is 0. The Morgan fingerprint density at radius 2 is 1.07 bits per heavy atom. The number of ether oxygens (including phenoxy) is 1.